The number of halogens is 1. The van der Waals surface area contributed by atoms with Crippen molar-refractivity contribution < 1.29 is 13.9 Å². The maximum Gasteiger partial charge on any atom is 0.224 e. The molecule has 30 heavy (non-hydrogen) atoms. The fraction of sp³-hybridized carbons (Fsp3) is 0.480. The highest BCUT2D eigenvalue weighted by Crippen LogP contribution is 2.19. The summed E-state index contributed by atoms with van der Waals surface area (Å²) in [5.41, 5.74) is 2.31. The molecule has 0 aromatic heterocycles. The van der Waals surface area contributed by atoms with Gasteiger partial charge in [0.1, 0.15) is 11.6 Å². The van der Waals surface area contributed by atoms with E-state index < -0.39 is 0 Å². The van der Waals surface area contributed by atoms with Gasteiger partial charge in [-0.25, -0.2) is 4.39 Å². The average molecular weight is 413 g/mol. The Bertz CT molecular complexity index is 807. The highest BCUT2D eigenvalue weighted by molar-refractivity contribution is 5.78. The highest BCUT2D eigenvalue weighted by atomic mass is 19.1. The Balaban J connectivity index is 1.39. The molecule has 1 fully saturated rings. The fourth-order valence-corrected chi connectivity index (χ4v) is 3.96. The second-order valence-electron chi connectivity index (χ2n) is 8.41. The number of rotatable bonds is 9. The molecule has 0 spiro atoms. The van der Waals surface area contributed by atoms with Gasteiger partial charge in [-0.15, -0.1) is 0 Å². The van der Waals surface area contributed by atoms with E-state index in [4.69, 9.17) is 4.74 Å². The number of benzene rings is 2. The van der Waals surface area contributed by atoms with E-state index in [2.05, 4.69) is 22.3 Å². The summed E-state index contributed by atoms with van der Waals surface area (Å²) in [4.78, 5) is 14.9. The number of aryl methyl sites for hydroxylation is 1. The number of nitrogens with zero attached hydrogens (tertiary/aromatic N) is 1. The minimum Gasteiger partial charge on any atom is -0.491 e. The molecule has 162 valence electrons. The summed E-state index contributed by atoms with van der Waals surface area (Å²) in [5.74, 6) is 0.862. The number of hydrogen-bond donors (Lipinski definition) is 1. The number of carbonyl (C=O) groups excluding carboxylic acids is 1. The zero-order valence-electron chi connectivity index (χ0n) is 18.1. The quantitative estimate of drug-likeness (QED) is 0.613. The zero-order valence-corrected chi connectivity index (χ0v) is 18.1. The van der Waals surface area contributed by atoms with E-state index in [-0.39, 0.29) is 23.7 Å². The molecule has 1 heterocycles. The van der Waals surface area contributed by atoms with Gasteiger partial charge in [-0.3, -0.25) is 9.69 Å². The Morgan fingerprint density at radius 3 is 2.77 bits per heavy atom. The van der Waals surface area contributed by atoms with E-state index >= 15 is 0 Å². The first-order chi connectivity index (χ1) is 14.5. The molecule has 0 saturated carbocycles. The molecule has 5 heteroatoms. The molecule has 3 rings (SSSR count). The molecule has 2 aromatic carbocycles. The molecule has 0 unspecified atom stereocenters. The molecule has 1 saturated heterocycles. The summed E-state index contributed by atoms with van der Waals surface area (Å²) in [6, 6.07) is 14.8. The van der Waals surface area contributed by atoms with E-state index in [0.29, 0.717) is 6.54 Å². The third kappa shape index (κ3) is 7.13. The molecule has 1 aliphatic rings. The lowest BCUT2D eigenvalue weighted by Gasteiger charge is -2.32. The van der Waals surface area contributed by atoms with Gasteiger partial charge in [0.15, 0.2) is 0 Å². The first-order valence-electron chi connectivity index (χ1n) is 11.0. The smallest absolute Gasteiger partial charge is 0.224 e. The second kappa shape index (κ2) is 11.1. The van der Waals surface area contributed by atoms with Gasteiger partial charge in [-0.2, -0.15) is 0 Å². The number of carbonyl (C=O) groups is 1. The van der Waals surface area contributed by atoms with E-state index in [1.807, 2.05) is 38.1 Å². The molecule has 1 N–H and O–H groups in total. The predicted molar refractivity (Wildman–Crippen MR) is 118 cm³/mol. The molecule has 4 nitrogen and oxygen atoms in total. The Morgan fingerprint density at radius 1 is 1.20 bits per heavy atom. The topological polar surface area (TPSA) is 41.6 Å². The largest absolute Gasteiger partial charge is 0.491 e. The van der Waals surface area contributed by atoms with Crippen LogP contribution in [0.15, 0.2) is 48.5 Å². The Hall–Kier alpha value is -2.40. The standard InChI is InChI=1S/C25H33FN2O2/c1-19(2)30-24-9-3-6-20(16-24)7-4-14-27-25(29)22-8-5-15-28(18-22)17-21-10-12-23(26)13-11-21/h3,6,9-13,16,19,22H,4-5,7-8,14-15,17-18H2,1-2H3,(H,27,29)/t22-/m1/s1. The van der Waals surface area contributed by atoms with Gasteiger partial charge in [0.25, 0.3) is 0 Å². The van der Waals surface area contributed by atoms with Crippen molar-refractivity contribution in [1.29, 1.82) is 0 Å². The average Bonchev–Trinajstić information content (AvgIpc) is 2.73. The van der Waals surface area contributed by atoms with Crippen LogP contribution in [0.4, 0.5) is 4.39 Å². The fourth-order valence-electron chi connectivity index (χ4n) is 3.96. The SMILES string of the molecule is CC(C)Oc1cccc(CCCNC(=O)[C@@H]2CCCN(Cc3ccc(F)cc3)C2)c1. The summed E-state index contributed by atoms with van der Waals surface area (Å²) >= 11 is 0. The molecule has 0 radical (unpaired) electrons. The molecule has 0 bridgehead atoms. The molecular weight excluding hydrogens is 379 g/mol. The van der Waals surface area contributed by atoms with Crippen LogP contribution in [0.2, 0.25) is 0 Å². The van der Waals surface area contributed by atoms with Crippen molar-refractivity contribution in [2.75, 3.05) is 19.6 Å². The molecule has 0 aliphatic carbocycles. The van der Waals surface area contributed by atoms with Gasteiger partial charge >= 0.3 is 0 Å². The van der Waals surface area contributed by atoms with Gasteiger partial charge in [0, 0.05) is 19.6 Å². The predicted octanol–water partition coefficient (Wildman–Crippen LogP) is 4.57. The van der Waals surface area contributed by atoms with Gasteiger partial charge in [0.2, 0.25) is 5.91 Å². The van der Waals surface area contributed by atoms with Crippen LogP contribution < -0.4 is 10.1 Å². The Morgan fingerprint density at radius 2 is 2.00 bits per heavy atom. The summed E-state index contributed by atoms with van der Waals surface area (Å²) in [6.07, 6.45) is 3.93. The summed E-state index contributed by atoms with van der Waals surface area (Å²) in [5, 5.41) is 3.11. The zero-order chi connectivity index (χ0) is 21.3. The lowest BCUT2D eigenvalue weighted by molar-refractivity contribution is -0.126. The lowest BCUT2D eigenvalue weighted by atomic mass is 9.96. The highest BCUT2D eigenvalue weighted by Gasteiger charge is 2.25. The minimum atomic E-state index is -0.214. The van der Waals surface area contributed by atoms with Crippen molar-refractivity contribution >= 4 is 5.91 Å². The van der Waals surface area contributed by atoms with Gasteiger partial charge in [0.05, 0.1) is 12.0 Å². The van der Waals surface area contributed by atoms with Crippen molar-refractivity contribution in [3.63, 3.8) is 0 Å². The third-order valence-corrected chi connectivity index (χ3v) is 5.41. The van der Waals surface area contributed by atoms with Crippen molar-refractivity contribution in [2.45, 2.75) is 52.2 Å². The maximum atomic E-state index is 13.1. The first-order valence-corrected chi connectivity index (χ1v) is 11.0. The van der Waals surface area contributed by atoms with Crippen LogP contribution in [-0.4, -0.2) is 36.5 Å². The minimum absolute atomic E-state index is 0.0296. The summed E-state index contributed by atoms with van der Waals surface area (Å²) < 4.78 is 18.8. The normalized spacial score (nSPS) is 17.1. The molecule has 1 atom stereocenters. The van der Waals surface area contributed by atoms with Crippen molar-refractivity contribution in [1.82, 2.24) is 10.2 Å². The van der Waals surface area contributed by atoms with Crippen molar-refractivity contribution in [3.05, 3.63) is 65.5 Å². The summed E-state index contributed by atoms with van der Waals surface area (Å²) in [7, 11) is 0. The number of likely N-dealkylation sites (tertiary alicyclic amines) is 1. The number of piperidine rings is 1. The van der Waals surface area contributed by atoms with Crippen LogP contribution in [0.5, 0.6) is 5.75 Å². The van der Waals surface area contributed by atoms with Gasteiger partial charge < -0.3 is 10.1 Å². The third-order valence-electron chi connectivity index (χ3n) is 5.41. The number of hydrogen-bond acceptors (Lipinski definition) is 3. The van der Waals surface area contributed by atoms with E-state index in [1.54, 1.807) is 0 Å². The Kier molecular flexibility index (Phi) is 8.26. The molecule has 1 amide bonds. The van der Waals surface area contributed by atoms with Crippen LogP contribution in [-0.2, 0) is 17.8 Å². The van der Waals surface area contributed by atoms with Crippen molar-refractivity contribution in [2.24, 2.45) is 5.92 Å². The van der Waals surface area contributed by atoms with E-state index in [0.717, 1.165) is 56.6 Å². The Labute approximate surface area is 179 Å². The number of amides is 1. The van der Waals surface area contributed by atoms with Crippen LogP contribution in [0.3, 0.4) is 0 Å². The molecular formula is C25H33FN2O2. The molecule has 1 aliphatic heterocycles. The first kappa shape index (κ1) is 22.3. The van der Waals surface area contributed by atoms with Crippen LogP contribution >= 0.6 is 0 Å². The van der Waals surface area contributed by atoms with E-state index in [1.165, 1.54) is 17.7 Å². The van der Waals surface area contributed by atoms with Crippen LogP contribution in [0.1, 0.15) is 44.2 Å². The van der Waals surface area contributed by atoms with Crippen LogP contribution in [0, 0.1) is 11.7 Å². The van der Waals surface area contributed by atoms with Crippen molar-refractivity contribution in [3.8, 4) is 5.75 Å². The number of nitrogens with one attached hydrogen (secondary N) is 1. The molecule has 2 aromatic rings. The summed E-state index contributed by atoms with van der Waals surface area (Å²) in [6.45, 7) is 7.23. The van der Waals surface area contributed by atoms with Gasteiger partial charge in [-0.1, -0.05) is 24.3 Å². The van der Waals surface area contributed by atoms with Crippen LogP contribution in [0.25, 0.3) is 0 Å². The maximum absolute atomic E-state index is 13.1. The number of ether oxygens (including phenoxy) is 1. The van der Waals surface area contributed by atoms with E-state index in [9.17, 15) is 9.18 Å². The monoisotopic (exact) mass is 412 g/mol. The second-order valence-corrected chi connectivity index (χ2v) is 8.41. The van der Waals surface area contributed by atoms with Gasteiger partial charge in [-0.05, 0) is 81.5 Å². The lowest BCUT2D eigenvalue weighted by Crippen LogP contribution is -2.42.